The van der Waals surface area contributed by atoms with E-state index in [2.05, 4.69) is 16.0 Å². The molecule has 0 saturated carbocycles. The van der Waals surface area contributed by atoms with Crippen LogP contribution in [-0.4, -0.2) is 78.1 Å². The molecule has 0 aromatic heterocycles. The molecule has 0 bridgehead atoms. The lowest BCUT2D eigenvalue weighted by Gasteiger charge is -2.29. The lowest BCUT2D eigenvalue weighted by atomic mass is 10.1. The lowest BCUT2D eigenvalue weighted by Crippen LogP contribution is -2.54. The minimum Gasteiger partial charge on any atom is -0.460 e. The van der Waals surface area contributed by atoms with Gasteiger partial charge in [0.2, 0.25) is 17.7 Å². The van der Waals surface area contributed by atoms with Gasteiger partial charge >= 0.3 is 12.1 Å². The Labute approximate surface area is 251 Å². The molecule has 232 valence electrons. The highest BCUT2D eigenvalue weighted by molar-refractivity contribution is 5.93. The number of esters is 1. The maximum absolute atomic E-state index is 13.3. The average Bonchev–Trinajstić information content (AvgIpc) is 3.41. The molecule has 43 heavy (non-hydrogen) atoms. The van der Waals surface area contributed by atoms with Crippen LogP contribution in [0, 0.1) is 0 Å². The lowest BCUT2D eigenvalue weighted by molar-refractivity contribution is -0.145. The van der Waals surface area contributed by atoms with Gasteiger partial charge in [0.1, 0.15) is 30.8 Å². The van der Waals surface area contributed by atoms with Gasteiger partial charge in [0.05, 0.1) is 19.3 Å². The van der Waals surface area contributed by atoms with Crippen molar-refractivity contribution in [1.29, 1.82) is 0 Å². The molecule has 4 amide bonds. The molecule has 3 N–H and O–H groups in total. The molecule has 12 nitrogen and oxygen atoms in total. The average molecular weight is 597 g/mol. The third kappa shape index (κ3) is 11.0. The maximum Gasteiger partial charge on any atom is 0.411 e. The number of amides is 4. The van der Waals surface area contributed by atoms with Crippen molar-refractivity contribution in [3.05, 3.63) is 71.8 Å². The molecule has 0 radical (unpaired) electrons. The number of hydrogen-bond acceptors (Lipinski definition) is 8. The second-order valence-electron chi connectivity index (χ2n) is 11.1. The van der Waals surface area contributed by atoms with Crippen LogP contribution in [0.5, 0.6) is 0 Å². The van der Waals surface area contributed by atoms with Crippen molar-refractivity contribution >= 4 is 29.8 Å². The number of carbonyl (C=O) groups is 5. The fraction of sp³-hybridized carbons (Fsp3) is 0.452. The first-order chi connectivity index (χ1) is 20.4. The second kappa shape index (κ2) is 15.7. The highest BCUT2D eigenvalue weighted by Crippen LogP contribution is 2.25. The van der Waals surface area contributed by atoms with Crippen LogP contribution in [0.15, 0.2) is 60.7 Å². The van der Waals surface area contributed by atoms with E-state index in [-0.39, 0.29) is 26.3 Å². The van der Waals surface area contributed by atoms with Crippen LogP contribution in [0.2, 0.25) is 0 Å². The van der Waals surface area contributed by atoms with Gasteiger partial charge in [-0.05, 0) is 45.2 Å². The number of likely N-dealkylation sites (tertiary alicyclic amines) is 1. The van der Waals surface area contributed by atoms with Crippen molar-refractivity contribution < 1.29 is 38.2 Å². The molecule has 1 fully saturated rings. The predicted octanol–water partition coefficient (Wildman–Crippen LogP) is 2.06. The molecule has 1 unspecified atom stereocenters. The third-order valence-electron chi connectivity index (χ3n) is 6.39. The summed E-state index contributed by atoms with van der Waals surface area (Å²) in [4.78, 5) is 64.3. The molecule has 12 heteroatoms. The Morgan fingerprint density at radius 1 is 0.884 bits per heavy atom. The highest BCUT2D eigenvalue weighted by atomic mass is 16.6. The molecular weight excluding hydrogens is 556 g/mol. The molecule has 1 saturated heterocycles. The normalized spacial score (nSPS) is 17.0. The summed E-state index contributed by atoms with van der Waals surface area (Å²) in [6, 6.07) is 16.5. The zero-order chi connectivity index (χ0) is 31.4. The zero-order valence-electron chi connectivity index (χ0n) is 25.0. The Kier molecular flexibility index (Phi) is 12.1. The number of nitrogens with zero attached hydrogens (tertiary/aromatic N) is 1. The number of rotatable bonds is 12. The molecule has 2 aromatic rings. The Bertz CT molecular complexity index is 1250. The van der Waals surface area contributed by atoms with E-state index in [1.54, 1.807) is 20.8 Å². The van der Waals surface area contributed by atoms with Crippen LogP contribution in [0.1, 0.15) is 45.2 Å². The number of nitrogens with one attached hydrogen (secondary N) is 3. The van der Waals surface area contributed by atoms with Gasteiger partial charge in [0.15, 0.2) is 0 Å². The van der Waals surface area contributed by atoms with Gasteiger partial charge in [0, 0.05) is 6.54 Å². The highest BCUT2D eigenvalue weighted by Gasteiger charge is 2.44. The van der Waals surface area contributed by atoms with Gasteiger partial charge in [-0.25, -0.2) is 4.79 Å². The van der Waals surface area contributed by atoms with E-state index in [4.69, 9.17) is 14.2 Å². The number of hydrogen-bond donors (Lipinski definition) is 3. The van der Waals surface area contributed by atoms with Crippen molar-refractivity contribution in [3.63, 3.8) is 0 Å². The van der Waals surface area contributed by atoms with Crippen molar-refractivity contribution in [3.8, 4) is 0 Å². The Morgan fingerprint density at radius 2 is 1.49 bits per heavy atom. The first-order valence-corrected chi connectivity index (χ1v) is 14.1. The standard InChI is InChI=1S/C31H40N4O8/c1-21(28(38)33-18-26(37)42-20-23-13-9-6-10-14-23)34-25(36)17-32-29(39)27-24(41-19-22-11-7-5-8-12-22)15-16-35(27)30(40)43-31(2,3)4/h5-14,21,24,27H,15-20H2,1-4H3,(H,32,39)(H,33,38)(H,34,36)/t21-,24?,27-/m0/s1. The third-order valence-corrected chi connectivity index (χ3v) is 6.39. The minimum absolute atomic E-state index is 0.0754. The largest absolute Gasteiger partial charge is 0.460 e. The Morgan fingerprint density at radius 3 is 2.09 bits per heavy atom. The molecule has 2 aromatic carbocycles. The molecule has 1 heterocycles. The van der Waals surface area contributed by atoms with Crippen LogP contribution >= 0.6 is 0 Å². The molecule has 1 aliphatic heterocycles. The van der Waals surface area contributed by atoms with E-state index in [1.165, 1.54) is 11.8 Å². The fourth-order valence-corrected chi connectivity index (χ4v) is 4.28. The van der Waals surface area contributed by atoms with Crippen LogP contribution in [0.3, 0.4) is 0 Å². The molecule has 3 atom stereocenters. The summed E-state index contributed by atoms with van der Waals surface area (Å²) in [5, 5.41) is 7.43. The van der Waals surface area contributed by atoms with E-state index >= 15 is 0 Å². The summed E-state index contributed by atoms with van der Waals surface area (Å²) < 4.78 is 16.6. The monoisotopic (exact) mass is 596 g/mol. The number of ether oxygens (including phenoxy) is 3. The first kappa shape index (κ1) is 33.1. The van der Waals surface area contributed by atoms with Crippen LogP contribution in [0.25, 0.3) is 0 Å². The summed E-state index contributed by atoms with van der Waals surface area (Å²) in [5.41, 5.74) is 0.954. The molecule has 1 aliphatic rings. The van der Waals surface area contributed by atoms with Crippen molar-refractivity contribution in [2.75, 3.05) is 19.6 Å². The van der Waals surface area contributed by atoms with Gasteiger partial charge < -0.3 is 30.2 Å². The summed E-state index contributed by atoms with van der Waals surface area (Å²) in [5.74, 6) is -2.45. The predicted molar refractivity (Wildman–Crippen MR) is 156 cm³/mol. The topological polar surface area (TPSA) is 152 Å². The molecule has 0 spiro atoms. The van der Waals surface area contributed by atoms with Crippen molar-refractivity contribution in [2.24, 2.45) is 0 Å². The second-order valence-corrected chi connectivity index (χ2v) is 11.1. The minimum atomic E-state index is -1.02. The van der Waals surface area contributed by atoms with E-state index in [9.17, 15) is 24.0 Å². The smallest absolute Gasteiger partial charge is 0.411 e. The molecule has 0 aliphatic carbocycles. The van der Waals surface area contributed by atoms with Gasteiger partial charge in [-0.15, -0.1) is 0 Å². The van der Waals surface area contributed by atoms with Crippen LogP contribution in [0.4, 0.5) is 4.79 Å². The van der Waals surface area contributed by atoms with Crippen molar-refractivity contribution in [2.45, 2.75) is 71.1 Å². The maximum atomic E-state index is 13.3. The Hall–Kier alpha value is -4.45. The van der Waals surface area contributed by atoms with Crippen molar-refractivity contribution in [1.82, 2.24) is 20.9 Å². The summed E-state index contributed by atoms with van der Waals surface area (Å²) in [6.07, 6.45) is -0.876. The fourth-order valence-electron chi connectivity index (χ4n) is 4.28. The first-order valence-electron chi connectivity index (χ1n) is 14.1. The van der Waals surface area contributed by atoms with Gasteiger partial charge in [-0.1, -0.05) is 60.7 Å². The zero-order valence-corrected chi connectivity index (χ0v) is 25.0. The van der Waals surface area contributed by atoms with Crippen LogP contribution in [-0.2, 0) is 46.6 Å². The molecular formula is C31H40N4O8. The van der Waals surface area contributed by atoms with Crippen LogP contribution < -0.4 is 16.0 Å². The number of carbonyl (C=O) groups excluding carboxylic acids is 5. The summed E-state index contributed by atoms with van der Waals surface area (Å²) in [7, 11) is 0. The van der Waals surface area contributed by atoms with E-state index in [1.807, 2.05) is 60.7 Å². The SMILES string of the molecule is C[C@H](NC(=O)CNC(=O)[C@@H]1C(OCc2ccccc2)CCN1C(=O)OC(C)(C)C)C(=O)NCC(=O)OCc1ccccc1. The van der Waals surface area contributed by atoms with Gasteiger partial charge in [-0.3, -0.25) is 24.1 Å². The van der Waals surface area contributed by atoms with E-state index in [0.29, 0.717) is 6.42 Å². The summed E-state index contributed by atoms with van der Waals surface area (Å²) in [6.45, 7) is 6.38. The quantitative estimate of drug-likeness (QED) is 0.315. The summed E-state index contributed by atoms with van der Waals surface area (Å²) >= 11 is 0. The number of benzene rings is 2. The Balaban J connectivity index is 1.49. The van der Waals surface area contributed by atoms with E-state index in [0.717, 1.165) is 11.1 Å². The van der Waals surface area contributed by atoms with Gasteiger partial charge in [-0.2, -0.15) is 0 Å². The van der Waals surface area contributed by atoms with Gasteiger partial charge in [0.25, 0.3) is 0 Å². The molecule has 3 rings (SSSR count). The van der Waals surface area contributed by atoms with E-state index < -0.39 is 60.1 Å².